The second kappa shape index (κ2) is 6.75. The molecular formula is C16H25NO3. The fraction of sp³-hybridized carbons (Fsp3) is 0.562. The van der Waals surface area contributed by atoms with Crippen molar-refractivity contribution >= 4 is 11.6 Å². The molecule has 0 heterocycles. The number of benzene rings is 1. The van der Waals surface area contributed by atoms with Gasteiger partial charge in [-0.15, -0.1) is 0 Å². The third-order valence-corrected chi connectivity index (χ3v) is 3.19. The van der Waals surface area contributed by atoms with Crippen molar-refractivity contribution in [3.63, 3.8) is 0 Å². The molecule has 0 radical (unpaired) electrons. The lowest BCUT2D eigenvalue weighted by Gasteiger charge is -2.21. The smallest absolute Gasteiger partial charge is 0.229 e. The Bertz CT molecular complexity index is 463. The normalized spacial score (nSPS) is 12.9. The standard InChI is InChI=1S/C16H25NO3/c1-6-11(18)10-12-13(8-7-9-14(12)20-5)17-15(19)16(2,3)4/h7-9,11,18H,6,10H2,1-5H3,(H,17,19). The molecule has 0 saturated heterocycles. The third-order valence-electron chi connectivity index (χ3n) is 3.19. The molecule has 1 unspecified atom stereocenters. The maximum atomic E-state index is 12.1. The van der Waals surface area contributed by atoms with E-state index in [2.05, 4.69) is 5.32 Å². The van der Waals surface area contributed by atoms with Crippen LogP contribution < -0.4 is 10.1 Å². The molecule has 0 aromatic heterocycles. The molecule has 1 aromatic carbocycles. The van der Waals surface area contributed by atoms with Crippen molar-refractivity contribution in [2.75, 3.05) is 12.4 Å². The zero-order valence-corrected chi connectivity index (χ0v) is 13.0. The summed E-state index contributed by atoms with van der Waals surface area (Å²) < 4.78 is 5.34. The maximum absolute atomic E-state index is 12.1. The Labute approximate surface area is 121 Å². The van der Waals surface area contributed by atoms with Crippen LogP contribution in [-0.4, -0.2) is 24.2 Å². The minimum atomic E-state index is -0.469. The number of hydrogen-bond acceptors (Lipinski definition) is 3. The first kappa shape index (κ1) is 16.5. The van der Waals surface area contributed by atoms with Crippen molar-refractivity contribution in [1.29, 1.82) is 0 Å². The van der Waals surface area contributed by atoms with Crippen molar-refractivity contribution in [3.05, 3.63) is 23.8 Å². The molecule has 2 N–H and O–H groups in total. The van der Waals surface area contributed by atoms with Gasteiger partial charge in [-0.1, -0.05) is 33.8 Å². The first-order valence-electron chi connectivity index (χ1n) is 6.95. The fourth-order valence-corrected chi connectivity index (χ4v) is 1.77. The monoisotopic (exact) mass is 279 g/mol. The Morgan fingerprint density at radius 2 is 2.05 bits per heavy atom. The van der Waals surface area contributed by atoms with Gasteiger partial charge in [-0.05, 0) is 18.6 Å². The van der Waals surface area contributed by atoms with Crippen molar-refractivity contribution < 1.29 is 14.6 Å². The van der Waals surface area contributed by atoms with Crippen LogP contribution in [0.2, 0.25) is 0 Å². The molecule has 0 aliphatic heterocycles. The molecule has 4 nitrogen and oxygen atoms in total. The molecule has 0 bridgehead atoms. The van der Waals surface area contributed by atoms with E-state index in [0.29, 0.717) is 24.3 Å². The van der Waals surface area contributed by atoms with Crippen LogP contribution in [0.25, 0.3) is 0 Å². The second-order valence-corrected chi connectivity index (χ2v) is 5.96. The Balaban J connectivity index is 3.09. The van der Waals surface area contributed by atoms with Gasteiger partial charge in [-0.25, -0.2) is 0 Å². The molecule has 0 spiro atoms. The predicted octanol–water partition coefficient (Wildman–Crippen LogP) is 2.99. The minimum absolute atomic E-state index is 0.0574. The Hall–Kier alpha value is -1.55. The molecule has 0 fully saturated rings. The highest BCUT2D eigenvalue weighted by Crippen LogP contribution is 2.29. The lowest BCUT2D eigenvalue weighted by atomic mass is 9.95. The van der Waals surface area contributed by atoms with Crippen molar-refractivity contribution in [3.8, 4) is 5.75 Å². The van der Waals surface area contributed by atoms with Gasteiger partial charge in [0.25, 0.3) is 0 Å². The van der Waals surface area contributed by atoms with Gasteiger partial charge < -0.3 is 15.2 Å². The van der Waals surface area contributed by atoms with Crippen LogP contribution in [-0.2, 0) is 11.2 Å². The lowest BCUT2D eigenvalue weighted by molar-refractivity contribution is -0.123. The summed E-state index contributed by atoms with van der Waals surface area (Å²) in [6.07, 6.45) is 0.668. The van der Waals surface area contributed by atoms with Gasteiger partial charge in [0.1, 0.15) is 5.75 Å². The molecular weight excluding hydrogens is 254 g/mol. The van der Waals surface area contributed by atoms with E-state index in [0.717, 1.165) is 5.56 Å². The SMILES string of the molecule is CCC(O)Cc1c(NC(=O)C(C)(C)C)cccc1OC. The molecule has 1 amide bonds. The van der Waals surface area contributed by atoms with Gasteiger partial charge in [-0.2, -0.15) is 0 Å². The highest BCUT2D eigenvalue weighted by Gasteiger charge is 2.23. The number of carbonyl (C=O) groups excluding carboxylic acids is 1. The van der Waals surface area contributed by atoms with Gasteiger partial charge in [0.2, 0.25) is 5.91 Å². The summed E-state index contributed by atoms with van der Waals surface area (Å²) in [5, 5.41) is 12.8. The van der Waals surface area contributed by atoms with Crippen LogP contribution in [0.15, 0.2) is 18.2 Å². The summed E-state index contributed by atoms with van der Waals surface area (Å²) in [6, 6.07) is 5.51. The Kier molecular flexibility index (Phi) is 5.57. The topological polar surface area (TPSA) is 58.6 Å². The van der Waals surface area contributed by atoms with Gasteiger partial charge >= 0.3 is 0 Å². The van der Waals surface area contributed by atoms with Crippen LogP contribution in [0.5, 0.6) is 5.75 Å². The van der Waals surface area contributed by atoms with E-state index in [1.165, 1.54) is 0 Å². The van der Waals surface area contributed by atoms with E-state index in [9.17, 15) is 9.90 Å². The van der Waals surface area contributed by atoms with Gasteiger partial charge in [0.05, 0.1) is 13.2 Å². The molecule has 4 heteroatoms. The van der Waals surface area contributed by atoms with Crippen LogP contribution in [0, 0.1) is 5.41 Å². The largest absolute Gasteiger partial charge is 0.496 e. The lowest BCUT2D eigenvalue weighted by Crippen LogP contribution is -2.28. The number of aliphatic hydroxyl groups is 1. The highest BCUT2D eigenvalue weighted by atomic mass is 16.5. The second-order valence-electron chi connectivity index (χ2n) is 5.96. The van der Waals surface area contributed by atoms with Crippen molar-refractivity contribution in [1.82, 2.24) is 0 Å². The first-order valence-corrected chi connectivity index (χ1v) is 6.95. The van der Waals surface area contributed by atoms with Crippen LogP contribution in [0.4, 0.5) is 5.69 Å². The van der Waals surface area contributed by atoms with E-state index in [1.54, 1.807) is 7.11 Å². The minimum Gasteiger partial charge on any atom is -0.496 e. The van der Waals surface area contributed by atoms with Crippen molar-refractivity contribution in [2.24, 2.45) is 5.41 Å². The number of aliphatic hydroxyl groups excluding tert-OH is 1. The summed E-state index contributed by atoms with van der Waals surface area (Å²) in [4.78, 5) is 12.1. The van der Waals surface area contributed by atoms with E-state index < -0.39 is 11.5 Å². The quantitative estimate of drug-likeness (QED) is 0.871. The molecule has 0 aliphatic rings. The summed E-state index contributed by atoms with van der Waals surface area (Å²) in [6.45, 7) is 7.52. The van der Waals surface area contributed by atoms with E-state index in [4.69, 9.17) is 4.74 Å². The molecule has 112 valence electrons. The average Bonchev–Trinajstić information content (AvgIpc) is 2.39. The maximum Gasteiger partial charge on any atom is 0.229 e. The van der Waals surface area contributed by atoms with Gasteiger partial charge in [0, 0.05) is 23.1 Å². The van der Waals surface area contributed by atoms with Crippen LogP contribution in [0.3, 0.4) is 0 Å². The Morgan fingerprint density at radius 3 is 2.55 bits per heavy atom. The average molecular weight is 279 g/mol. The number of amides is 1. The summed E-state index contributed by atoms with van der Waals surface area (Å²) in [5.74, 6) is 0.627. The zero-order chi connectivity index (χ0) is 15.3. The molecule has 20 heavy (non-hydrogen) atoms. The first-order chi connectivity index (χ1) is 9.29. The molecule has 0 aliphatic carbocycles. The van der Waals surface area contributed by atoms with E-state index >= 15 is 0 Å². The summed E-state index contributed by atoms with van der Waals surface area (Å²) in [5.41, 5.74) is 1.07. The number of hydrogen-bond donors (Lipinski definition) is 2. The van der Waals surface area contributed by atoms with E-state index in [-0.39, 0.29) is 5.91 Å². The predicted molar refractivity (Wildman–Crippen MR) is 81.1 cm³/mol. The van der Waals surface area contributed by atoms with Crippen LogP contribution in [0.1, 0.15) is 39.7 Å². The van der Waals surface area contributed by atoms with Gasteiger partial charge in [-0.3, -0.25) is 4.79 Å². The van der Waals surface area contributed by atoms with Crippen molar-refractivity contribution in [2.45, 2.75) is 46.6 Å². The van der Waals surface area contributed by atoms with E-state index in [1.807, 2.05) is 45.9 Å². The fourth-order valence-electron chi connectivity index (χ4n) is 1.77. The Morgan fingerprint density at radius 1 is 1.40 bits per heavy atom. The summed E-state index contributed by atoms with van der Waals surface area (Å²) >= 11 is 0. The molecule has 1 aromatic rings. The summed E-state index contributed by atoms with van der Waals surface area (Å²) in [7, 11) is 1.59. The van der Waals surface area contributed by atoms with Gasteiger partial charge in [0.15, 0.2) is 0 Å². The zero-order valence-electron chi connectivity index (χ0n) is 13.0. The highest BCUT2D eigenvalue weighted by molar-refractivity contribution is 5.95. The number of ether oxygens (including phenoxy) is 1. The number of rotatable bonds is 5. The molecule has 1 rings (SSSR count). The number of methoxy groups -OCH3 is 1. The number of carbonyl (C=O) groups is 1. The number of anilines is 1. The molecule has 1 atom stereocenters. The van der Waals surface area contributed by atoms with Crippen LogP contribution >= 0.6 is 0 Å². The molecule has 0 saturated carbocycles. The third kappa shape index (κ3) is 4.23. The number of nitrogens with one attached hydrogen (secondary N) is 1.